The maximum atomic E-state index is 12.7. The van der Waals surface area contributed by atoms with Gasteiger partial charge in [0.05, 0.1) is 11.3 Å². The highest BCUT2D eigenvalue weighted by molar-refractivity contribution is 5.94. The van der Waals surface area contributed by atoms with E-state index < -0.39 is 0 Å². The van der Waals surface area contributed by atoms with Crippen LogP contribution in [-0.4, -0.2) is 27.2 Å². The van der Waals surface area contributed by atoms with Gasteiger partial charge in [-0.1, -0.05) is 43.2 Å². The first-order chi connectivity index (χ1) is 13.6. The molecule has 0 aliphatic heterocycles. The Bertz CT molecular complexity index is 954. The number of hydrogen-bond acceptors (Lipinski definition) is 3. The molecular weight excluding hydrogens is 348 g/mol. The van der Waals surface area contributed by atoms with E-state index in [9.17, 15) is 4.79 Å². The number of benzene rings is 1. The number of pyridine rings is 1. The van der Waals surface area contributed by atoms with Gasteiger partial charge in [0.15, 0.2) is 5.82 Å². The number of aromatic nitrogens is 3. The number of carbonyl (C=O) groups is 1. The first-order valence-corrected chi connectivity index (χ1v) is 9.91. The Kier molecular flexibility index (Phi) is 4.99. The third-order valence-corrected chi connectivity index (χ3v) is 5.77. The Morgan fingerprint density at radius 1 is 1.11 bits per heavy atom. The second kappa shape index (κ2) is 7.58. The van der Waals surface area contributed by atoms with Crippen molar-refractivity contribution in [2.45, 2.75) is 44.9 Å². The van der Waals surface area contributed by atoms with Crippen LogP contribution in [0.4, 0.5) is 0 Å². The number of aryl methyl sites for hydroxylation is 2. The molecular formula is C23H26N4O. The van der Waals surface area contributed by atoms with Gasteiger partial charge in [-0.15, -0.1) is 0 Å². The maximum absolute atomic E-state index is 12.7. The van der Waals surface area contributed by atoms with Crippen LogP contribution < -0.4 is 5.32 Å². The average Bonchev–Trinajstić information content (AvgIpc) is 3.34. The van der Waals surface area contributed by atoms with Crippen molar-refractivity contribution >= 4 is 5.91 Å². The van der Waals surface area contributed by atoms with Gasteiger partial charge in [0.2, 0.25) is 0 Å². The minimum absolute atomic E-state index is 0.0496. The van der Waals surface area contributed by atoms with Crippen LogP contribution in [0.2, 0.25) is 0 Å². The minimum Gasteiger partial charge on any atom is -0.351 e. The zero-order valence-corrected chi connectivity index (χ0v) is 16.5. The number of amides is 1. The largest absolute Gasteiger partial charge is 0.351 e. The fourth-order valence-corrected chi connectivity index (χ4v) is 4.27. The normalized spacial score (nSPS) is 15.5. The lowest BCUT2D eigenvalue weighted by Gasteiger charge is -2.30. The Hall–Kier alpha value is -2.95. The first kappa shape index (κ1) is 18.4. The van der Waals surface area contributed by atoms with Crippen molar-refractivity contribution in [3.8, 4) is 5.82 Å². The van der Waals surface area contributed by atoms with Crippen LogP contribution in [0.5, 0.6) is 0 Å². The summed E-state index contributed by atoms with van der Waals surface area (Å²) in [5, 5.41) is 7.59. The number of rotatable bonds is 5. The summed E-state index contributed by atoms with van der Waals surface area (Å²) in [6, 6.07) is 16.2. The maximum Gasteiger partial charge on any atom is 0.252 e. The van der Waals surface area contributed by atoms with Crippen molar-refractivity contribution in [1.82, 2.24) is 20.1 Å². The van der Waals surface area contributed by atoms with Crippen LogP contribution in [0.25, 0.3) is 5.82 Å². The smallest absolute Gasteiger partial charge is 0.252 e. The first-order valence-electron chi connectivity index (χ1n) is 9.91. The van der Waals surface area contributed by atoms with Gasteiger partial charge >= 0.3 is 0 Å². The summed E-state index contributed by atoms with van der Waals surface area (Å²) in [7, 11) is 0. The second-order valence-electron chi connectivity index (χ2n) is 7.78. The molecule has 0 atom stereocenters. The zero-order valence-electron chi connectivity index (χ0n) is 16.5. The van der Waals surface area contributed by atoms with Crippen molar-refractivity contribution in [3.05, 3.63) is 77.2 Å². The van der Waals surface area contributed by atoms with E-state index >= 15 is 0 Å². The molecule has 5 heteroatoms. The predicted molar refractivity (Wildman–Crippen MR) is 110 cm³/mol. The third-order valence-electron chi connectivity index (χ3n) is 5.77. The van der Waals surface area contributed by atoms with E-state index in [-0.39, 0.29) is 11.3 Å². The number of carbonyl (C=O) groups excluding carboxylic acids is 1. The monoisotopic (exact) mass is 374 g/mol. The van der Waals surface area contributed by atoms with Gasteiger partial charge in [0.1, 0.15) is 0 Å². The molecule has 0 saturated heterocycles. The standard InChI is InChI=1S/C23H26N4O/c1-17-14-18(2)27(26-17)21-11-10-19(15-24-21)22(28)25-16-23(12-6-7-13-23)20-8-4-3-5-9-20/h3-5,8-11,14-15H,6-7,12-13,16H2,1-2H3,(H,25,28). The van der Waals surface area contributed by atoms with Crippen molar-refractivity contribution in [1.29, 1.82) is 0 Å². The quantitative estimate of drug-likeness (QED) is 0.731. The fraction of sp³-hybridized carbons (Fsp3) is 0.348. The van der Waals surface area contributed by atoms with E-state index in [1.165, 1.54) is 18.4 Å². The lowest BCUT2D eigenvalue weighted by molar-refractivity contribution is 0.0942. The van der Waals surface area contributed by atoms with Crippen LogP contribution in [-0.2, 0) is 5.41 Å². The Balaban J connectivity index is 1.47. The molecule has 1 amide bonds. The molecule has 2 aromatic heterocycles. The summed E-state index contributed by atoms with van der Waals surface area (Å²) in [4.78, 5) is 17.2. The number of nitrogens with one attached hydrogen (secondary N) is 1. The van der Waals surface area contributed by atoms with Crippen LogP contribution in [0.1, 0.15) is 53.0 Å². The average molecular weight is 374 g/mol. The van der Waals surface area contributed by atoms with Crippen molar-refractivity contribution < 1.29 is 4.79 Å². The molecule has 5 nitrogen and oxygen atoms in total. The van der Waals surface area contributed by atoms with E-state index in [0.29, 0.717) is 12.1 Å². The summed E-state index contributed by atoms with van der Waals surface area (Å²) in [5.41, 5.74) is 3.92. The molecule has 1 aromatic carbocycles. The van der Waals surface area contributed by atoms with Crippen molar-refractivity contribution in [3.63, 3.8) is 0 Å². The van der Waals surface area contributed by atoms with E-state index in [1.54, 1.807) is 10.9 Å². The van der Waals surface area contributed by atoms with Gasteiger partial charge in [-0.25, -0.2) is 9.67 Å². The van der Waals surface area contributed by atoms with Gasteiger partial charge in [-0.2, -0.15) is 5.10 Å². The van der Waals surface area contributed by atoms with E-state index in [1.807, 2.05) is 38.1 Å². The molecule has 1 fully saturated rings. The number of hydrogen-bond donors (Lipinski definition) is 1. The Labute approximate surface area is 165 Å². The van der Waals surface area contributed by atoms with Gasteiger partial charge in [-0.3, -0.25) is 4.79 Å². The van der Waals surface area contributed by atoms with Gasteiger partial charge in [-0.05, 0) is 50.5 Å². The predicted octanol–water partition coefficient (Wildman–Crippen LogP) is 4.13. The van der Waals surface area contributed by atoms with Crippen LogP contribution in [0.3, 0.4) is 0 Å². The fourth-order valence-electron chi connectivity index (χ4n) is 4.27. The molecule has 1 aliphatic carbocycles. The van der Waals surface area contributed by atoms with E-state index in [0.717, 1.165) is 30.0 Å². The SMILES string of the molecule is Cc1cc(C)n(-c2ccc(C(=O)NCC3(c4ccccc4)CCCC3)cn2)n1. The van der Waals surface area contributed by atoms with E-state index in [4.69, 9.17) is 0 Å². The van der Waals surface area contributed by atoms with Crippen LogP contribution >= 0.6 is 0 Å². The topological polar surface area (TPSA) is 59.8 Å². The summed E-state index contributed by atoms with van der Waals surface area (Å²) >= 11 is 0. The highest BCUT2D eigenvalue weighted by atomic mass is 16.1. The van der Waals surface area contributed by atoms with Crippen LogP contribution in [0, 0.1) is 13.8 Å². The Morgan fingerprint density at radius 2 is 1.86 bits per heavy atom. The van der Waals surface area contributed by atoms with E-state index in [2.05, 4.69) is 39.7 Å². The molecule has 3 aromatic rings. The summed E-state index contributed by atoms with van der Waals surface area (Å²) in [5.74, 6) is 0.647. The van der Waals surface area contributed by atoms with Crippen molar-refractivity contribution in [2.24, 2.45) is 0 Å². The van der Waals surface area contributed by atoms with Crippen LogP contribution in [0.15, 0.2) is 54.7 Å². The zero-order chi connectivity index (χ0) is 19.6. The molecule has 1 N–H and O–H groups in total. The summed E-state index contributed by atoms with van der Waals surface area (Å²) < 4.78 is 1.79. The molecule has 0 bridgehead atoms. The molecule has 1 aliphatic rings. The molecule has 144 valence electrons. The molecule has 0 spiro atoms. The lowest BCUT2D eigenvalue weighted by Crippen LogP contribution is -2.39. The summed E-state index contributed by atoms with van der Waals surface area (Å²) in [6.45, 7) is 4.61. The number of nitrogens with zero attached hydrogens (tertiary/aromatic N) is 3. The lowest BCUT2D eigenvalue weighted by atomic mass is 9.79. The molecule has 2 heterocycles. The van der Waals surface area contributed by atoms with Gasteiger partial charge in [0, 0.05) is 23.9 Å². The molecule has 1 saturated carbocycles. The van der Waals surface area contributed by atoms with Crippen molar-refractivity contribution in [2.75, 3.05) is 6.54 Å². The molecule has 0 radical (unpaired) electrons. The van der Waals surface area contributed by atoms with Gasteiger partial charge < -0.3 is 5.32 Å². The molecule has 4 rings (SSSR count). The third kappa shape index (κ3) is 3.57. The van der Waals surface area contributed by atoms with Gasteiger partial charge in [0.25, 0.3) is 5.91 Å². The summed E-state index contributed by atoms with van der Waals surface area (Å²) in [6.07, 6.45) is 6.29. The highest BCUT2D eigenvalue weighted by Crippen LogP contribution is 2.40. The molecule has 28 heavy (non-hydrogen) atoms. The highest BCUT2D eigenvalue weighted by Gasteiger charge is 2.35. The molecule has 0 unspecified atom stereocenters. The minimum atomic E-state index is -0.0744. The second-order valence-corrected chi connectivity index (χ2v) is 7.78. The Morgan fingerprint density at radius 3 is 2.46 bits per heavy atom.